The number of rotatable bonds is 4. The molecule has 0 unspecified atom stereocenters. The Morgan fingerprint density at radius 1 is 1.10 bits per heavy atom. The first-order valence-electron chi connectivity index (χ1n) is 6.24. The molecule has 21 heavy (non-hydrogen) atoms. The lowest BCUT2D eigenvalue weighted by molar-refractivity contribution is 0.233. The van der Waals surface area contributed by atoms with E-state index in [9.17, 15) is 0 Å². The number of anilines is 1. The predicted octanol–water partition coefficient (Wildman–Crippen LogP) is 1.66. The molecule has 9 heteroatoms. The third-order valence-electron chi connectivity index (χ3n) is 2.54. The molecule has 3 N–H and O–H groups in total. The van der Waals surface area contributed by atoms with Crippen LogP contribution in [0, 0.1) is 0 Å². The van der Waals surface area contributed by atoms with Crippen molar-refractivity contribution in [2.75, 3.05) is 5.73 Å². The highest BCUT2D eigenvalue weighted by Crippen LogP contribution is 2.35. The van der Waals surface area contributed by atoms with Crippen molar-refractivity contribution in [2.45, 2.75) is 30.0 Å². The molecular formula is C12H13N7OS. The zero-order valence-electron chi connectivity index (χ0n) is 11.4. The molecule has 0 saturated carbocycles. The lowest BCUT2D eigenvalue weighted by Crippen LogP contribution is -2.10. The number of imidazole rings is 1. The Balaban J connectivity index is 1.96. The predicted molar refractivity (Wildman–Crippen MR) is 78.0 cm³/mol. The summed E-state index contributed by atoms with van der Waals surface area (Å²) in [5.74, 6) is 0.373. The van der Waals surface area contributed by atoms with Crippen LogP contribution in [0.15, 0.2) is 29.0 Å². The van der Waals surface area contributed by atoms with Gasteiger partial charge in [-0.25, -0.2) is 19.9 Å². The number of nitrogen functional groups attached to an aromatic ring is 1. The van der Waals surface area contributed by atoms with Gasteiger partial charge in [0.25, 0.3) is 0 Å². The van der Waals surface area contributed by atoms with Gasteiger partial charge >= 0.3 is 0 Å². The number of aromatic nitrogens is 6. The number of H-pyrrole nitrogens is 1. The van der Waals surface area contributed by atoms with Gasteiger partial charge in [0, 0.05) is 0 Å². The summed E-state index contributed by atoms with van der Waals surface area (Å²) in [7, 11) is 0. The molecule has 0 fully saturated rings. The van der Waals surface area contributed by atoms with E-state index in [1.807, 2.05) is 13.8 Å². The average molecular weight is 303 g/mol. The molecule has 0 aromatic carbocycles. The summed E-state index contributed by atoms with van der Waals surface area (Å²) < 4.78 is 5.55. The van der Waals surface area contributed by atoms with Crippen molar-refractivity contribution >= 4 is 28.6 Å². The van der Waals surface area contributed by atoms with Gasteiger partial charge < -0.3 is 15.5 Å². The van der Waals surface area contributed by atoms with Crippen molar-refractivity contribution in [3.63, 3.8) is 0 Å². The number of hydrogen-bond acceptors (Lipinski definition) is 8. The summed E-state index contributed by atoms with van der Waals surface area (Å²) in [4.78, 5) is 23.6. The van der Waals surface area contributed by atoms with Crippen LogP contribution < -0.4 is 10.5 Å². The number of hydrogen-bond donors (Lipinski definition) is 2. The third-order valence-corrected chi connectivity index (χ3v) is 3.56. The van der Waals surface area contributed by atoms with E-state index in [0.29, 0.717) is 27.3 Å². The molecule has 3 rings (SSSR count). The van der Waals surface area contributed by atoms with Crippen molar-refractivity contribution in [3.8, 4) is 5.88 Å². The van der Waals surface area contributed by atoms with Crippen molar-refractivity contribution in [1.82, 2.24) is 29.9 Å². The van der Waals surface area contributed by atoms with E-state index < -0.39 is 0 Å². The van der Waals surface area contributed by atoms with Crippen LogP contribution in [-0.4, -0.2) is 36.0 Å². The lowest BCUT2D eigenvalue weighted by Gasteiger charge is -2.12. The quantitative estimate of drug-likeness (QED) is 0.699. The van der Waals surface area contributed by atoms with Gasteiger partial charge in [-0.15, -0.1) is 0 Å². The second-order valence-electron chi connectivity index (χ2n) is 4.45. The van der Waals surface area contributed by atoms with Gasteiger partial charge in [-0.1, -0.05) is 0 Å². The first kappa shape index (κ1) is 13.6. The third kappa shape index (κ3) is 2.72. The Hall–Kier alpha value is -2.42. The number of nitrogens with one attached hydrogen (secondary N) is 1. The maximum Gasteiger partial charge on any atom is 0.241 e. The van der Waals surface area contributed by atoms with Crippen molar-refractivity contribution in [3.05, 3.63) is 19.0 Å². The molecule has 0 amide bonds. The highest BCUT2D eigenvalue weighted by atomic mass is 32.2. The monoisotopic (exact) mass is 303 g/mol. The largest absolute Gasteiger partial charge is 0.473 e. The van der Waals surface area contributed by atoms with Crippen molar-refractivity contribution < 1.29 is 4.74 Å². The number of ether oxygens (including phenoxy) is 1. The molecule has 3 aromatic heterocycles. The minimum atomic E-state index is -0.0154. The van der Waals surface area contributed by atoms with Gasteiger partial charge in [-0.05, 0) is 25.6 Å². The molecule has 0 atom stereocenters. The number of nitrogens with two attached hydrogens (primary N) is 1. The molecule has 0 aliphatic carbocycles. The Labute approximate surface area is 124 Å². The second-order valence-corrected chi connectivity index (χ2v) is 5.42. The summed E-state index contributed by atoms with van der Waals surface area (Å²) in [5, 5.41) is 1.27. The van der Waals surface area contributed by atoms with Crippen LogP contribution >= 0.6 is 11.8 Å². The molecule has 3 heterocycles. The van der Waals surface area contributed by atoms with Gasteiger partial charge in [0.15, 0.2) is 5.65 Å². The van der Waals surface area contributed by atoms with Crippen LogP contribution in [0.2, 0.25) is 0 Å². The first-order valence-corrected chi connectivity index (χ1v) is 7.06. The summed E-state index contributed by atoms with van der Waals surface area (Å²) in [5.41, 5.74) is 7.79. The van der Waals surface area contributed by atoms with E-state index >= 15 is 0 Å². The molecule has 3 aromatic rings. The van der Waals surface area contributed by atoms with Crippen LogP contribution in [0.1, 0.15) is 13.8 Å². The number of fused-ring (bicyclic) bond motifs is 1. The molecule has 0 spiro atoms. The molecule has 108 valence electrons. The Morgan fingerprint density at radius 2 is 1.86 bits per heavy atom. The van der Waals surface area contributed by atoms with Crippen molar-refractivity contribution in [2.24, 2.45) is 0 Å². The van der Waals surface area contributed by atoms with Crippen LogP contribution in [-0.2, 0) is 0 Å². The molecule has 0 aliphatic rings. The fourth-order valence-electron chi connectivity index (χ4n) is 1.67. The van der Waals surface area contributed by atoms with Crippen molar-refractivity contribution in [1.29, 1.82) is 0 Å². The van der Waals surface area contributed by atoms with Gasteiger partial charge in [0.1, 0.15) is 33.9 Å². The van der Waals surface area contributed by atoms with E-state index in [1.54, 1.807) is 6.33 Å². The van der Waals surface area contributed by atoms with E-state index in [4.69, 9.17) is 10.5 Å². The minimum absolute atomic E-state index is 0.0154. The zero-order chi connectivity index (χ0) is 14.8. The molecule has 0 radical (unpaired) electrons. The van der Waals surface area contributed by atoms with Crippen LogP contribution in [0.4, 0.5) is 5.69 Å². The van der Waals surface area contributed by atoms with Gasteiger partial charge in [0.05, 0.1) is 12.4 Å². The topological polar surface area (TPSA) is 115 Å². The van der Waals surface area contributed by atoms with Crippen LogP contribution in [0.5, 0.6) is 5.88 Å². The average Bonchev–Trinajstić information content (AvgIpc) is 2.92. The van der Waals surface area contributed by atoms with Gasteiger partial charge in [-0.2, -0.15) is 4.98 Å². The normalized spacial score (nSPS) is 11.2. The fourth-order valence-corrected chi connectivity index (χ4v) is 2.51. The van der Waals surface area contributed by atoms with E-state index in [0.717, 1.165) is 5.52 Å². The SMILES string of the molecule is CC(C)Oc1ncnc(Sc2ncnc3nc[nH]c23)c1N. The molecule has 0 aliphatic heterocycles. The van der Waals surface area contributed by atoms with Crippen LogP contribution in [0.3, 0.4) is 0 Å². The molecule has 8 nitrogen and oxygen atoms in total. The standard InChI is InChI=1S/C12H13N7OS/c1-6(2)20-10-7(13)11(18-5-17-10)21-12-8-9(15-3-14-8)16-4-19-12/h3-6H,13H2,1-2H3,(H,14,15,16,19). The first-order chi connectivity index (χ1) is 10.1. The summed E-state index contributed by atoms with van der Waals surface area (Å²) in [6.07, 6.45) is 4.43. The summed E-state index contributed by atoms with van der Waals surface area (Å²) in [6, 6.07) is 0. The Morgan fingerprint density at radius 3 is 2.67 bits per heavy atom. The number of aromatic amines is 1. The Kier molecular flexibility index (Phi) is 3.57. The molecular weight excluding hydrogens is 290 g/mol. The van der Waals surface area contributed by atoms with Crippen LogP contribution in [0.25, 0.3) is 11.2 Å². The maximum absolute atomic E-state index is 6.06. The smallest absolute Gasteiger partial charge is 0.241 e. The fraction of sp³-hybridized carbons (Fsp3) is 0.250. The second kappa shape index (κ2) is 5.52. The highest BCUT2D eigenvalue weighted by molar-refractivity contribution is 7.99. The summed E-state index contributed by atoms with van der Waals surface area (Å²) >= 11 is 1.31. The lowest BCUT2D eigenvalue weighted by atomic mass is 10.4. The van der Waals surface area contributed by atoms with Gasteiger partial charge in [-0.3, -0.25) is 0 Å². The zero-order valence-corrected chi connectivity index (χ0v) is 12.3. The molecule has 0 bridgehead atoms. The van der Waals surface area contributed by atoms with Gasteiger partial charge in [0.2, 0.25) is 5.88 Å². The Bertz CT molecular complexity index is 773. The van der Waals surface area contributed by atoms with E-state index in [1.165, 1.54) is 24.4 Å². The minimum Gasteiger partial charge on any atom is -0.473 e. The van der Waals surface area contributed by atoms with E-state index in [-0.39, 0.29) is 6.10 Å². The summed E-state index contributed by atoms with van der Waals surface area (Å²) in [6.45, 7) is 3.82. The van der Waals surface area contributed by atoms with E-state index in [2.05, 4.69) is 29.9 Å². The molecule has 0 saturated heterocycles. The maximum atomic E-state index is 6.06. The highest BCUT2D eigenvalue weighted by Gasteiger charge is 2.15. The number of nitrogens with zero attached hydrogens (tertiary/aromatic N) is 5.